The Kier molecular flexibility index (Phi) is 6.10. The van der Waals surface area contributed by atoms with Gasteiger partial charge in [0.1, 0.15) is 11.6 Å². The molecule has 0 amide bonds. The highest BCUT2D eigenvalue weighted by Gasteiger charge is 2.06. The topological polar surface area (TPSA) is 24.1 Å². The van der Waals surface area contributed by atoms with Gasteiger partial charge in [-0.25, -0.2) is 8.78 Å². The first kappa shape index (κ1) is 18.2. The highest BCUT2D eigenvalue weighted by Crippen LogP contribution is 2.28. The van der Waals surface area contributed by atoms with Crippen LogP contribution in [0.5, 0.6) is 0 Å². The van der Waals surface area contributed by atoms with Crippen molar-refractivity contribution in [3.8, 4) is 22.3 Å². The lowest BCUT2D eigenvalue weighted by Crippen LogP contribution is -2.24. The highest BCUT2D eigenvalue weighted by molar-refractivity contribution is 5.74. The van der Waals surface area contributed by atoms with E-state index in [9.17, 15) is 8.78 Å². The third-order valence-electron chi connectivity index (χ3n) is 4.23. The van der Waals surface area contributed by atoms with E-state index in [1.807, 2.05) is 7.05 Å². The molecule has 0 radical (unpaired) electrons. The molecule has 0 aliphatic heterocycles. The molecule has 3 rings (SSSR count). The lowest BCUT2D eigenvalue weighted by molar-refractivity contribution is 0.627. The molecule has 2 N–H and O–H groups in total. The molecule has 4 heteroatoms. The maximum atomic E-state index is 13.3. The zero-order valence-electron chi connectivity index (χ0n) is 14.7. The predicted molar refractivity (Wildman–Crippen MR) is 103 cm³/mol. The van der Waals surface area contributed by atoms with Gasteiger partial charge >= 0.3 is 0 Å². The molecule has 134 valence electrons. The van der Waals surface area contributed by atoms with E-state index in [4.69, 9.17) is 0 Å². The van der Waals surface area contributed by atoms with Crippen LogP contribution in [0, 0.1) is 11.6 Å². The second kappa shape index (κ2) is 8.70. The molecule has 26 heavy (non-hydrogen) atoms. The number of benzene rings is 3. The molecule has 3 aromatic carbocycles. The van der Waals surface area contributed by atoms with Crippen molar-refractivity contribution in [2.75, 3.05) is 20.1 Å². The quantitative estimate of drug-likeness (QED) is 0.607. The molecular weight excluding hydrogens is 330 g/mol. The van der Waals surface area contributed by atoms with Crippen LogP contribution in [0.2, 0.25) is 0 Å². The van der Waals surface area contributed by atoms with Gasteiger partial charge in [0, 0.05) is 19.6 Å². The summed E-state index contributed by atoms with van der Waals surface area (Å²) in [5, 5.41) is 6.50. The van der Waals surface area contributed by atoms with Gasteiger partial charge in [0.2, 0.25) is 0 Å². The molecule has 0 saturated heterocycles. The standard InChI is InChI=1S/C22H22F2N2/c1-25-10-11-26-15-16-12-19(17-2-6-21(23)7-3-17)14-20(13-16)18-4-8-22(24)9-5-18/h2-9,12-14,25-26H,10-11,15H2,1H3. The zero-order chi connectivity index (χ0) is 18.4. The number of hydrogen-bond donors (Lipinski definition) is 2. The van der Waals surface area contributed by atoms with Crippen LogP contribution in [-0.2, 0) is 6.54 Å². The fourth-order valence-electron chi connectivity index (χ4n) is 2.86. The highest BCUT2D eigenvalue weighted by atomic mass is 19.1. The van der Waals surface area contributed by atoms with Gasteiger partial charge in [-0.05, 0) is 77.3 Å². The third-order valence-corrected chi connectivity index (χ3v) is 4.23. The summed E-state index contributed by atoms with van der Waals surface area (Å²) < 4.78 is 26.5. The number of likely N-dealkylation sites (N-methyl/N-ethyl adjacent to an activating group) is 1. The van der Waals surface area contributed by atoms with Crippen molar-refractivity contribution in [3.05, 3.63) is 83.9 Å². The molecule has 0 aromatic heterocycles. The molecule has 3 aromatic rings. The fraction of sp³-hybridized carbons (Fsp3) is 0.182. The average molecular weight is 352 g/mol. The maximum absolute atomic E-state index is 13.3. The van der Waals surface area contributed by atoms with E-state index in [-0.39, 0.29) is 11.6 Å². The van der Waals surface area contributed by atoms with E-state index in [1.54, 1.807) is 24.3 Å². The summed E-state index contributed by atoms with van der Waals surface area (Å²) in [7, 11) is 1.92. The van der Waals surface area contributed by atoms with Gasteiger partial charge in [-0.15, -0.1) is 0 Å². The van der Waals surface area contributed by atoms with E-state index in [1.165, 1.54) is 24.3 Å². The Morgan fingerprint density at radius 1 is 0.654 bits per heavy atom. The smallest absolute Gasteiger partial charge is 0.123 e. The minimum absolute atomic E-state index is 0.252. The summed E-state index contributed by atoms with van der Waals surface area (Å²) in [6.45, 7) is 2.48. The summed E-state index contributed by atoms with van der Waals surface area (Å²) >= 11 is 0. The first-order chi connectivity index (χ1) is 12.7. The van der Waals surface area contributed by atoms with Gasteiger partial charge in [0.15, 0.2) is 0 Å². The Labute approximate surface area is 152 Å². The van der Waals surface area contributed by atoms with Crippen LogP contribution < -0.4 is 10.6 Å². The average Bonchev–Trinajstić information content (AvgIpc) is 2.66. The molecule has 0 atom stereocenters. The number of halogens is 2. The predicted octanol–water partition coefficient (Wildman–Crippen LogP) is 4.61. The third kappa shape index (κ3) is 4.75. The van der Waals surface area contributed by atoms with Crippen LogP contribution in [0.1, 0.15) is 5.56 Å². The van der Waals surface area contributed by atoms with Crippen LogP contribution in [0.3, 0.4) is 0 Å². The van der Waals surface area contributed by atoms with E-state index < -0.39 is 0 Å². The Bertz CT molecular complexity index is 779. The number of hydrogen-bond acceptors (Lipinski definition) is 2. The van der Waals surface area contributed by atoms with Crippen molar-refractivity contribution in [2.24, 2.45) is 0 Å². The van der Waals surface area contributed by atoms with Crippen LogP contribution in [0.4, 0.5) is 8.78 Å². The van der Waals surface area contributed by atoms with E-state index in [0.717, 1.165) is 47.5 Å². The molecule has 0 fully saturated rings. The van der Waals surface area contributed by atoms with Crippen molar-refractivity contribution in [2.45, 2.75) is 6.54 Å². The lowest BCUT2D eigenvalue weighted by Gasteiger charge is -2.12. The monoisotopic (exact) mass is 352 g/mol. The normalized spacial score (nSPS) is 10.9. The molecular formula is C22H22F2N2. The summed E-state index contributed by atoms with van der Waals surface area (Å²) in [6, 6.07) is 19.2. The Hall–Kier alpha value is -2.56. The molecule has 0 saturated carbocycles. The number of rotatable bonds is 7. The van der Waals surface area contributed by atoms with Crippen LogP contribution in [0.25, 0.3) is 22.3 Å². The summed E-state index contributed by atoms with van der Waals surface area (Å²) in [5.41, 5.74) is 5.05. The van der Waals surface area contributed by atoms with Crippen LogP contribution in [0.15, 0.2) is 66.7 Å². The second-order valence-electron chi connectivity index (χ2n) is 6.21. The van der Waals surface area contributed by atoms with Crippen LogP contribution >= 0.6 is 0 Å². The molecule has 0 aliphatic carbocycles. The van der Waals surface area contributed by atoms with Gasteiger partial charge in [-0.2, -0.15) is 0 Å². The van der Waals surface area contributed by atoms with Gasteiger partial charge in [0.25, 0.3) is 0 Å². The summed E-state index contributed by atoms with van der Waals surface area (Å²) in [5.74, 6) is -0.505. The van der Waals surface area contributed by atoms with Crippen molar-refractivity contribution >= 4 is 0 Å². The molecule has 0 spiro atoms. The summed E-state index contributed by atoms with van der Waals surface area (Å²) in [4.78, 5) is 0. The summed E-state index contributed by atoms with van der Waals surface area (Å²) in [6.07, 6.45) is 0. The maximum Gasteiger partial charge on any atom is 0.123 e. The van der Waals surface area contributed by atoms with E-state index >= 15 is 0 Å². The molecule has 2 nitrogen and oxygen atoms in total. The van der Waals surface area contributed by atoms with E-state index in [0.29, 0.717) is 0 Å². The molecule has 0 heterocycles. The minimum atomic E-state index is -0.252. The SMILES string of the molecule is CNCCNCc1cc(-c2ccc(F)cc2)cc(-c2ccc(F)cc2)c1. The number of nitrogens with one attached hydrogen (secondary N) is 2. The van der Waals surface area contributed by atoms with Crippen LogP contribution in [-0.4, -0.2) is 20.1 Å². The van der Waals surface area contributed by atoms with Gasteiger partial charge in [-0.1, -0.05) is 24.3 Å². The molecule has 0 unspecified atom stereocenters. The first-order valence-electron chi connectivity index (χ1n) is 8.67. The Balaban J connectivity index is 1.95. The Morgan fingerprint density at radius 3 is 1.62 bits per heavy atom. The second-order valence-corrected chi connectivity index (χ2v) is 6.21. The minimum Gasteiger partial charge on any atom is -0.318 e. The van der Waals surface area contributed by atoms with Gasteiger partial charge in [-0.3, -0.25) is 0 Å². The lowest BCUT2D eigenvalue weighted by atomic mass is 9.96. The van der Waals surface area contributed by atoms with E-state index in [2.05, 4.69) is 28.8 Å². The van der Waals surface area contributed by atoms with Crippen molar-refractivity contribution < 1.29 is 8.78 Å². The van der Waals surface area contributed by atoms with Crippen molar-refractivity contribution in [3.63, 3.8) is 0 Å². The van der Waals surface area contributed by atoms with Gasteiger partial charge in [0.05, 0.1) is 0 Å². The van der Waals surface area contributed by atoms with Crippen molar-refractivity contribution in [1.29, 1.82) is 0 Å². The zero-order valence-corrected chi connectivity index (χ0v) is 14.7. The van der Waals surface area contributed by atoms with Gasteiger partial charge < -0.3 is 10.6 Å². The largest absolute Gasteiger partial charge is 0.318 e. The molecule has 0 aliphatic rings. The first-order valence-corrected chi connectivity index (χ1v) is 8.67. The Morgan fingerprint density at radius 2 is 1.15 bits per heavy atom. The molecule has 0 bridgehead atoms. The van der Waals surface area contributed by atoms with Crippen molar-refractivity contribution in [1.82, 2.24) is 10.6 Å². The fourth-order valence-corrected chi connectivity index (χ4v) is 2.86.